The van der Waals surface area contributed by atoms with Crippen LogP contribution in [0.3, 0.4) is 0 Å². The van der Waals surface area contributed by atoms with Crippen LogP contribution in [-0.2, 0) is 23.2 Å². The van der Waals surface area contributed by atoms with Gasteiger partial charge in [-0.05, 0) is 84.7 Å². The van der Waals surface area contributed by atoms with Crippen LogP contribution in [0.1, 0.15) is 56.0 Å². The third-order valence-corrected chi connectivity index (χ3v) is 6.37. The molecule has 1 atom stereocenters. The molecule has 150 valence electrons. The molecule has 1 N–H and O–H groups in total. The van der Waals surface area contributed by atoms with Gasteiger partial charge >= 0.3 is 0 Å². The van der Waals surface area contributed by atoms with Crippen LogP contribution in [0, 0.1) is 0 Å². The summed E-state index contributed by atoms with van der Waals surface area (Å²) in [6.45, 7) is 2.89. The molecule has 1 aliphatic carbocycles. The van der Waals surface area contributed by atoms with Crippen molar-refractivity contribution in [3.8, 4) is 22.5 Å². The van der Waals surface area contributed by atoms with Gasteiger partial charge in [0.05, 0.1) is 11.3 Å². The summed E-state index contributed by atoms with van der Waals surface area (Å²) in [4.78, 5) is 5.22. The van der Waals surface area contributed by atoms with Crippen molar-refractivity contribution in [2.24, 2.45) is 0 Å². The second-order valence-electron chi connectivity index (χ2n) is 8.14. The molecule has 0 amide bonds. The number of pyridine rings is 1. The van der Waals surface area contributed by atoms with Crippen molar-refractivity contribution in [2.75, 3.05) is 6.61 Å². The van der Waals surface area contributed by atoms with Crippen LogP contribution in [0.2, 0.25) is 5.02 Å². The predicted molar refractivity (Wildman–Crippen MR) is 112 cm³/mol. The number of H-pyrrole nitrogens is 1. The summed E-state index contributed by atoms with van der Waals surface area (Å²) in [6, 6.07) is 8.04. The summed E-state index contributed by atoms with van der Waals surface area (Å²) in [7, 11) is 0. The van der Waals surface area contributed by atoms with Crippen molar-refractivity contribution in [3.05, 3.63) is 46.2 Å². The Kier molecular flexibility index (Phi) is 4.84. The molecule has 1 saturated heterocycles. The molecule has 0 spiro atoms. The molecule has 0 saturated carbocycles. The fourth-order valence-electron chi connectivity index (χ4n) is 4.73. The third kappa shape index (κ3) is 3.34. The molecule has 1 fully saturated rings. The van der Waals surface area contributed by atoms with E-state index in [0.717, 1.165) is 67.5 Å². The van der Waals surface area contributed by atoms with Crippen LogP contribution in [0.4, 0.5) is 0 Å². The Labute approximate surface area is 175 Å². The highest BCUT2D eigenvalue weighted by Gasteiger charge is 2.39. The molecule has 0 radical (unpaired) electrons. The number of benzene rings is 1. The van der Waals surface area contributed by atoms with Gasteiger partial charge in [-0.1, -0.05) is 30.2 Å². The highest BCUT2D eigenvalue weighted by Crippen LogP contribution is 2.46. The lowest BCUT2D eigenvalue weighted by molar-refractivity contribution is 0.0136. The maximum absolute atomic E-state index is 6.39. The average molecular weight is 410 g/mol. The van der Waals surface area contributed by atoms with Crippen molar-refractivity contribution in [2.45, 2.75) is 57.5 Å². The molecule has 3 aromatic rings. The van der Waals surface area contributed by atoms with E-state index in [1.807, 2.05) is 18.2 Å². The number of rotatable bonds is 3. The SMILES string of the molecule is C[C@]1(c2nc3c(c(-c4cccc(Cl)c4)c2-c2nnn[nH]2)CCCCC3)CCCO1. The Bertz CT molecular complexity index is 1030. The first-order chi connectivity index (χ1) is 14.2. The van der Waals surface area contributed by atoms with Gasteiger partial charge in [-0.2, -0.15) is 0 Å². The van der Waals surface area contributed by atoms with E-state index in [0.29, 0.717) is 10.8 Å². The molecule has 3 heterocycles. The smallest absolute Gasteiger partial charge is 0.182 e. The minimum atomic E-state index is -0.448. The maximum Gasteiger partial charge on any atom is 0.182 e. The summed E-state index contributed by atoms with van der Waals surface area (Å²) in [6.07, 6.45) is 7.47. The van der Waals surface area contributed by atoms with E-state index in [9.17, 15) is 0 Å². The van der Waals surface area contributed by atoms with Gasteiger partial charge in [0.2, 0.25) is 0 Å². The number of hydrogen-bond acceptors (Lipinski definition) is 5. The van der Waals surface area contributed by atoms with Crippen molar-refractivity contribution in [1.29, 1.82) is 0 Å². The second kappa shape index (κ2) is 7.50. The number of fused-ring (bicyclic) bond motifs is 1. The number of hydrogen-bond donors (Lipinski definition) is 1. The molecule has 2 aromatic heterocycles. The second-order valence-corrected chi connectivity index (χ2v) is 8.58. The summed E-state index contributed by atoms with van der Waals surface area (Å²) >= 11 is 6.39. The van der Waals surface area contributed by atoms with Crippen molar-refractivity contribution < 1.29 is 4.74 Å². The number of nitrogens with zero attached hydrogens (tertiary/aromatic N) is 4. The Morgan fingerprint density at radius 2 is 2.00 bits per heavy atom. The van der Waals surface area contributed by atoms with Gasteiger partial charge < -0.3 is 4.74 Å². The van der Waals surface area contributed by atoms with E-state index in [-0.39, 0.29) is 0 Å². The quantitative estimate of drug-likeness (QED) is 0.624. The van der Waals surface area contributed by atoms with Crippen LogP contribution < -0.4 is 0 Å². The molecule has 29 heavy (non-hydrogen) atoms. The van der Waals surface area contributed by atoms with Gasteiger partial charge in [0, 0.05) is 17.3 Å². The highest BCUT2D eigenvalue weighted by atomic mass is 35.5. The highest BCUT2D eigenvalue weighted by molar-refractivity contribution is 6.30. The van der Waals surface area contributed by atoms with Crippen molar-refractivity contribution in [3.63, 3.8) is 0 Å². The van der Waals surface area contributed by atoms with Crippen molar-refractivity contribution >= 4 is 11.6 Å². The first kappa shape index (κ1) is 18.7. The third-order valence-electron chi connectivity index (χ3n) is 6.14. The van der Waals surface area contributed by atoms with E-state index in [2.05, 4.69) is 33.6 Å². The van der Waals surface area contributed by atoms with Gasteiger partial charge in [-0.15, -0.1) is 5.10 Å². The Hall–Kier alpha value is -2.31. The lowest BCUT2D eigenvalue weighted by Gasteiger charge is -2.28. The average Bonchev–Trinajstić information content (AvgIpc) is 3.35. The van der Waals surface area contributed by atoms with E-state index in [1.54, 1.807) is 0 Å². The number of aromatic nitrogens is 5. The van der Waals surface area contributed by atoms with Crippen LogP contribution >= 0.6 is 11.6 Å². The number of tetrazole rings is 1. The first-order valence-corrected chi connectivity index (χ1v) is 10.7. The first-order valence-electron chi connectivity index (χ1n) is 10.4. The van der Waals surface area contributed by atoms with Gasteiger partial charge in [-0.25, -0.2) is 5.10 Å². The van der Waals surface area contributed by atoms with Crippen LogP contribution in [0.25, 0.3) is 22.5 Å². The minimum absolute atomic E-state index is 0.448. The zero-order valence-electron chi connectivity index (χ0n) is 16.5. The molecule has 7 heteroatoms. The van der Waals surface area contributed by atoms with Gasteiger partial charge in [0.25, 0.3) is 0 Å². The van der Waals surface area contributed by atoms with Crippen LogP contribution in [-0.4, -0.2) is 32.2 Å². The molecule has 6 nitrogen and oxygen atoms in total. The molecular formula is C22H24ClN5O. The minimum Gasteiger partial charge on any atom is -0.369 e. The molecular weight excluding hydrogens is 386 g/mol. The normalized spacial score (nSPS) is 21.7. The summed E-state index contributed by atoms with van der Waals surface area (Å²) in [5.74, 6) is 0.631. The molecule has 0 bridgehead atoms. The lowest BCUT2D eigenvalue weighted by Crippen LogP contribution is -2.25. The molecule has 2 aliphatic rings. The van der Waals surface area contributed by atoms with E-state index in [1.165, 1.54) is 17.7 Å². The Morgan fingerprint density at radius 3 is 2.76 bits per heavy atom. The fraction of sp³-hybridized carbons (Fsp3) is 0.455. The van der Waals surface area contributed by atoms with Crippen molar-refractivity contribution in [1.82, 2.24) is 25.6 Å². The van der Waals surface area contributed by atoms with Gasteiger partial charge in [0.15, 0.2) is 5.82 Å². The zero-order chi connectivity index (χ0) is 19.8. The predicted octanol–water partition coefficient (Wildman–Crippen LogP) is 4.88. The molecule has 0 unspecified atom stereocenters. The maximum atomic E-state index is 6.39. The number of nitrogens with one attached hydrogen (secondary N) is 1. The molecule has 5 rings (SSSR count). The standard InChI is InChI=1S/C22H24ClN5O/c1-22(11-6-12-29-22)20-19(21-25-27-28-26-21)18(14-7-5-8-15(23)13-14)16-9-3-2-4-10-17(16)24-20/h5,7-8,13H,2-4,6,9-12H2,1H3,(H,25,26,27,28)/t22-/m1/s1. The summed E-state index contributed by atoms with van der Waals surface area (Å²) in [5.41, 5.74) is 6.13. The number of ether oxygens (including phenoxy) is 1. The number of halogens is 1. The number of aromatic amines is 1. The monoisotopic (exact) mass is 409 g/mol. The number of aryl methyl sites for hydroxylation is 1. The molecule has 1 aliphatic heterocycles. The molecule has 1 aromatic carbocycles. The van der Waals surface area contributed by atoms with E-state index >= 15 is 0 Å². The Morgan fingerprint density at radius 1 is 1.10 bits per heavy atom. The van der Waals surface area contributed by atoms with E-state index < -0.39 is 5.60 Å². The lowest BCUT2D eigenvalue weighted by atomic mass is 9.84. The largest absolute Gasteiger partial charge is 0.369 e. The topological polar surface area (TPSA) is 76.6 Å². The Balaban J connectivity index is 1.87. The van der Waals surface area contributed by atoms with Crippen LogP contribution in [0.5, 0.6) is 0 Å². The summed E-state index contributed by atoms with van der Waals surface area (Å²) in [5, 5.41) is 15.7. The van der Waals surface area contributed by atoms with Gasteiger partial charge in [0.1, 0.15) is 5.60 Å². The van der Waals surface area contributed by atoms with E-state index in [4.69, 9.17) is 21.3 Å². The fourth-order valence-corrected chi connectivity index (χ4v) is 4.92. The van der Waals surface area contributed by atoms with Crippen LogP contribution in [0.15, 0.2) is 24.3 Å². The van der Waals surface area contributed by atoms with Gasteiger partial charge in [-0.3, -0.25) is 4.98 Å². The summed E-state index contributed by atoms with van der Waals surface area (Å²) < 4.78 is 6.23. The zero-order valence-corrected chi connectivity index (χ0v) is 17.3.